The number of ether oxygens (including phenoxy) is 1. The topological polar surface area (TPSA) is 49.8 Å². The monoisotopic (exact) mass is 263 g/mol. The lowest BCUT2D eigenvalue weighted by Gasteiger charge is -2.30. The highest BCUT2D eigenvalue weighted by molar-refractivity contribution is 5.67. The van der Waals surface area contributed by atoms with Gasteiger partial charge in [0.05, 0.1) is 0 Å². The van der Waals surface area contributed by atoms with Gasteiger partial charge in [-0.25, -0.2) is 0 Å². The Kier molecular flexibility index (Phi) is 4.80. The van der Waals surface area contributed by atoms with E-state index in [9.17, 15) is 4.79 Å². The predicted octanol–water partition coefficient (Wildman–Crippen LogP) is 2.18. The van der Waals surface area contributed by atoms with Crippen LogP contribution in [0.2, 0.25) is 0 Å². The summed E-state index contributed by atoms with van der Waals surface area (Å²) in [6, 6.07) is 7.75. The fourth-order valence-corrected chi connectivity index (χ4v) is 2.46. The largest absolute Gasteiger partial charge is 0.489 e. The number of likely N-dealkylation sites (N-methyl/N-ethyl adjacent to an activating group) is 1. The molecule has 0 aliphatic carbocycles. The number of nitrogens with zero attached hydrogens (tertiary/aromatic N) is 1. The van der Waals surface area contributed by atoms with Gasteiger partial charge in [0.2, 0.25) is 0 Å². The van der Waals surface area contributed by atoms with E-state index in [1.807, 2.05) is 24.3 Å². The molecular weight excluding hydrogens is 242 g/mol. The molecule has 1 heterocycles. The molecule has 0 radical (unpaired) electrons. The molecule has 1 N–H and O–H groups in total. The number of para-hydroxylation sites is 1. The third-order valence-electron chi connectivity index (χ3n) is 3.46. The highest BCUT2D eigenvalue weighted by Gasteiger charge is 2.19. The van der Waals surface area contributed by atoms with Crippen molar-refractivity contribution in [3.05, 3.63) is 29.8 Å². The smallest absolute Gasteiger partial charge is 0.303 e. The summed E-state index contributed by atoms with van der Waals surface area (Å²) in [5.74, 6) is 0.0660. The van der Waals surface area contributed by atoms with Crippen LogP contribution in [0.3, 0.4) is 0 Å². The normalized spacial score (nSPS) is 20.2. The van der Waals surface area contributed by atoms with Crippen molar-refractivity contribution in [2.75, 3.05) is 20.1 Å². The Labute approximate surface area is 114 Å². The predicted molar refractivity (Wildman–Crippen MR) is 73.5 cm³/mol. The number of likely N-dealkylation sites (tertiary alicyclic amines) is 1. The zero-order valence-corrected chi connectivity index (χ0v) is 11.3. The van der Waals surface area contributed by atoms with E-state index in [-0.39, 0.29) is 12.5 Å². The van der Waals surface area contributed by atoms with Crippen molar-refractivity contribution in [3.63, 3.8) is 0 Å². The molecule has 4 heteroatoms. The van der Waals surface area contributed by atoms with Crippen LogP contribution in [-0.4, -0.2) is 42.2 Å². The van der Waals surface area contributed by atoms with Crippen LogP contribution in [0, 0.1) is 0 Å². The molecule has 1 saturated heterocycles. The molecule has 1 aromatic rings. The standard InChI is InChI=1S/C15H21NO3/c1-16-10-4-6-13(11-16)19-14-7-3-2-5-12(14)8-9-15(17)18/h2-3,5,7,13H,4,6,8-11H2,1H3,(H,17,18). The van der Waals surface area contributed by atoms with Gasteiger partial charge in [0.1, 0.15) is 11.9 Å². The van der Waals surface area contributed by atoms with Gasteiger partial charge >= 0.3 is 5.97 Å². The van der Waals surface area contributed by atoms with Crippen LogP contribution < -0.4 is 4.74 Å². The molecule has 0 aromatic heterocycles. The van der Waals surface area contributed by atoms with Crippen LogP contribution in [0.15, 0.2) is 24.3 Å². The van der Waals surface area contributed by atoms with Crippen LogP contribution in [0.1, 0.15) is 24.8 Å². The second-order valence-electron chi connectivity index (χ2n) is 5.15. The molecule has 0 bridgehead atoms. The summed E-state index contributed by atoms with van der Waals surface area (Å²) in [5, 5.41) is 8.77. The number of benzene rings is 1. The maximum Gasteiger partial charge on any atom is 0.303 e. The zero-order valence-electron chi connectivity index (χ0n) is 11.3. The third-order valence-corrected chi connectivity index (χ3v) is 3.46. The van der Waals surface area contributed by atoms with E-state index in [0.717, 1.165) is 37.2 Å². The summed E-state index contributed by atoms with van der Waals surface area (Å²) in [7, 11) is 2.10. The zero-order chi connectivity index (χ0) is 13.7. The highest BCUT2D eigenvalue weighted by atomic mass is 16.5. The van der Waals surface area contributed by atoms with Gasteiger partial charge in [-0.3, -0.25) is 4.79 Å². The minimum atomic E-state index is -0.771. The molecule has 0 amide bonds. The van der Waals surface area contributed by atoms with Gasteiger partial charge in [0.25, 0.3) is 0 Å². The van der Waals surface area contributed by atoms with E-state index < -0.39 is 5.97 Å². The lowest BCUT2D eigenvalue weighted by molar-refractivity contribution is -0.136. The van der Waals surface area contributed by atoms with Crippen molar-refractivity contribution in [2.24, 2.45) is 0 Å². The first-order chi connectivity index (χ1) is 9.15. The van der Waals surface area contributed by atoms with Gasteiger partial charge in [-0.05, 0) is 44.5 Å². The summed E-state index contributed by atoms with van der Waals surface area (Å²) in [5.41, 5.74) is 0.984. The van der Waals surface area contributed by atoms with Crippen LogP contribution in [0.25, 0.3) is 0 Å². The number of hydrogen-bond acceptors (Lipinski definition) is 3. The van der Waals surface area contributed by atoms with E-state index in [4.69, 9.17) is 9.84 Å². The number of carbonyl (C=O) groups is 1. The van der Waals surface area contributed by atoms with E-state index in [2.05, 4.69) is 11.9 Å². The second-order valence-corrected chi connectivity index (χ2v) is 5.15. The molecule has 4 nitrogen and oxygen atoms in total. The number of rotatable bonds is 5. The fraction of sp³-hybridized carbons (Fsp3) is 0.533. The summed E-state index contributed by atoms with van der Waals surface area (Å²) in [4.78, 5) is 12.9. The molecule has 2 rings (SSSR count). The van der Waals surface area contributed by atoms with E-state index in [1.54, 1.807) is 0 Å². The van der Waals surface area contributed by atoms with Crippen molar-refractivity contribution in [1.82, 2.24) is 4.90 Å². The third kappa shape index (κ3) is 4.24. The van der Waals surface area contributed by atoms with Gasteiger partial charge < -0.3 is 14.7 Å². The summed E-state index contributed by atoms with van der Waals surface area (Å²) in [6.45, 7) is 2.06. The van der Waals surface area contributed by atoms with E-state index in [1.165, 1.54) is 0 Å². The summed E-state index contributed by atoms with van der Waals surface area (Å²) >= 11 is 0. The van der Waals surface area contributed by atoms with E-state index >= 15 is 0 Å². The maximum absolute atomic E-state index is 10.7. The molecule has 1 unspecified atom stereocenters. The number of hydrogen-bond donors (Lipinski definition) is 1. The molecule has 1 fully saturated rings. The Hall–Kier alpha value is -1.55. The van der Waals surface area contributed by atoms with E-state index in [0.29, 0.717) is 6.42 Å². The fourth-order valence-electron chi connectivity index (χ4n) is 2.46. The second kappa shape index (κ2) is 6.57. The highest BCUT2D eigenvalue weighted by Crippen LogP contribution is 2.23. The Morgan fingerprint density at radius 1 is 1.47 bits per heavy atom. The first-order valence-electron chi connectivity index (χ1n) is 6.80. The minimum absolute atomic E-state index is 0.144. The van der Waals surface area contributed by atoms with Crippen molar-refractivity contribution < 1.29 is 14.6 Å². The number of carboxylic acid groups (broad SMARTS) is 1. The Balaban J connectivity index is 2.00. The quantitative estimate of drug-likeness (QED) is 0.884. The molecule has 1 aliphatic rings. The SMILES string of the molecule is CN1CCCC(Oc2ccccc2CCC(=O)O)C1. The lowest BCUT2D eigenvalue weighted by Crippen LogP contribution is -2.38. The van der Waals surface area contributed by atoms with Crippen LogP contribution >= 0.6 is 0 Å². The van der Waals surface area contributed by atoms with Gasteiger partial charge in [0.15, 0.2) is 0 Å². The van der Waals surface area contributed by atoms with Crippen molar-refractivity contribution in [1.29, 1.82) is 0 Å². The average molecular weight is 263 g/mol. The molecule has 104 valence electrons. The Morgan fingerprint density at radius 3 is 3.00 bits per heavy atom. The summed E-state index contributed by atoms with van der Waals surface area (Å²) in [6.07, 6.45) is 3.10. The molecule has 1 atom stereocenters. The molecule has 1 aliphatic heterocycles. The van der Waals surface area contributed by atoms with Crippen LogP contribution in [0.5, 0.6) is 5.75 Å². The van der Waals surface area contributed by atoms with Crippen molar-refractivity contribution in [2.45, 2.75) is 31.8 Å². The van der Waals surface area contributed by atoms with Gasteiger partial charge in [-0.1, -0.05) is 18.2 Å². The van der Waals surface area contributed by atoms with Gasteiger partial charge in [-0.2, -0.15) is 0 Å². The number of piperidine rings is 1. The van der Waals surface area contributed by atoms with Crippen LogP contribution in [-0.2, 0) is 11.2 Å². The minimum Gasteiger partial charge on any atom is -0.489 e. The van der Waals surface area contributed by atoms with Crippen LogP contribution in [0.4, 0.5) is 0 Å². The van der Waals surface area contributed by atoms with Crippen molar-refractivity contribution in [3.8, 4) is 5.75 Å². The molecule has 0 saturated carbocycles. The molecular formula is C15H21NO3. The first kappa shape index (κ1) is 13.9. The lowest BCUT2D eigenvalue weighted by atomic mass is 10.1. The summed E-state index contributed by atoms with van der Waals surface area (Å²) < 4.78 is 6.05. The average Bonchev–Trinajstić information content (AvgIpc) is 2.38. The first-order valence-corrected chi connectivity index (χ1v) is 6.80. The van der Waals surface area contributed by atoms with Crippen molar-refractivity contribution >= 4 is 5.97 Å². The number of carboxylic acids is 1. The van der Waals surface area contributed by atoms with Gasteiger partial charge in [-0.15, -0.1) is 0 Å². The van der Waals surface area contributed by atoms with Gasteiger partial charge in [0, 0.05) is 13.0 Å². The number of aryl methyl sites for hydroxylation is 1. The number of aliphatic carboxylic acids is 1. The maximum atomic E-state index is 10.7. The molecule has 0 spiro atoms. The molecule has 19 heavy (non-hydrogen) atoms. The Bertz CT molecular complexity index is 433. The molecule has 1 aromatic carbocycles. The Morgan fingerprint density at radius 2 is 2.26 bits per heavy atom.